The lowest BCUT2D eigenvalue weighted by Crippen LogP contribution is -2.20. The van der Waals surface area contributed by atoms with E-state index in [2.05, 4.69) is 25.4 Å². The molecule has 3 rings (SSSR count). The SMILES string of the molecule is CNC(=O)c1cc(-n2nc(C3CC3)nc2C(C)N)ncn1.Cl. The van der Waals surface area contributed by atoms with E-state index in [-0.39, 0.29) is 30.0 Å². The average molecular weight is 324 g/mol. The van der Waals surface area contributed by atoms with Crippen molar-refractivity contribution in [3.63, 3.8) is 0 Å². The molecule has 3 N–H and O–H groups in total. The molecule has 1 unspecified atom stereocenters. The summed E-state index contributed by atoms with van der Waals surface area (Å²) in [5.74, 6) is 2.07. The third-order valence-electron chi connectivity index (χ3n) is 3.33. The number of nitrogens with zero attached hydrogens (tertiary/aromatic N) is 5. The summed E-state index contributed by atoms with van der Waals surface area (Å²) in [4.78, 5) is 24.3. The van der Waals surface area contributed by atoms with E-state index in [0.717, 1.165) is 18.7 Å². The van der Waals surface area contributed by atoms with Crippen LogP contribution in [0.4, 0.5) is 0 Å². The van der Waals surface area contributed by atoms with Crippen molar-refractivity contribution in [1.82, 2.24) is 30.0 Å². The highest BCUT2D eigenvalue weighted by atomic mass is 35.5. The zero-order valence-corrected chi connectivity index (χ0v) is 13.2. The van der Waals surface area contributed by atoms with Crippen LogP contribution in [-0.2, 0) is 0 Å². The molecule has 0 aromatic carbocycles. The monoisotopic (exact) mass is 323 g/mol. The van der Waals surface area contributed by atoms with Gasteiger partial charge < -0.3 is 11.1 Å². The van der Waals surface area contributed by atoms with E-state index in [1.165, 1.54) is 6.33 Å². The molecule has 0 bridgehead atoms. The Hall–Kier alpha value is -2.06. The van der Waals surface area contributed by atoms with Gasteiger partial charge in [0, 0.05) is 19.0 Å². The van der Waals surface area contributed by atoms with E-state index in [9.17, 15) is 4.79 Å². The molecule has 0 aliphatic heterocycles. The van der Waals surface area contributed by atoms with E-state index in [4.69, 9.17) is 5.73 Å². The minimum absolute atomic E-state index is 0. The number of rotatable bonds is 4. The molecule has 1 aliphatic carbocycles. The van der Waals surface area contributed by atoms with Gasteiger partial charge in [0.15, 0.2) is 17.5 Å². The van der Waals surface area contributed by atoms with Gasteiger partial charge in [-0.25, -0.2) is 15.0 Å². The van der Waals surface area contributed by atoms with E-state index < -0.39 is 0 Å². The van der Waals surface area contributed by atoms with Crippen LogP contribution in [0.25, 0.3) is 5.82 Å². The third kappa shape index (κ3) is 3.07. The molecule has 8 nitrogen and oxygen atoms in total. The molecule has 1 saturated carbocycles. The first kappa shape index (κ1) is 16.3. The lowest BCUT2D eigenvalue weighted by atomic mass is 10.3. The van der Waals surface area contributed by atoms with Crippen molar-refractivity contribution in [3.05, 3.63) is 29.7 Å². The zero-order chi connectivity index (χ0) is 15.0. The fourth-order valence-corrected chi connectivity index (χ4v) is 2.03. The summed E-state index contributed by atoms with van der Waals surface area (Å²) >= 11 is 0. The van der Waals surface area contributed by atoms with Crippen molar-refractivity contribution < 1.29 is 4.79 Å². The van der Waals surface area contributed by atoms with Gasteiger partial charge in [0.2, 0.25) is 0 Å². The second kappa shape index (κ2) is 6.37. The zero-order valence-electron chi connectivity index (χ0n) is 12.4. The highest BCUT2D eigenvalue weighted by Crippen LogP contribution is 2.38. The topological polar surface area (TPSA) is 112 Å². The average Bonchev–Trinajstić information content (AvgIpc) is 3.25. The Kier molecular flexibility index (Phi) is 4.72. The molecule has 9 heteroatoms. The van der Waals surface area contributed by atoms with Gasteiger partial charge in [0.05, 0.1) is 6.04 Å². The summed E-state index contributed by atoms with van der Waals surface area (Å²) in [6.07, 6.45) is 3.55. The second-order valence-electron chi connectivity index (χ2n) is 5.14. The molecular formula is C13H18ClN7O. The maximum absolute atomic E-state index is 11.7. The molecule has 1 fully saturated rings. The first-order valence-electron chi connectivity index (χ1n) is 6.87. The Balaban J connectivity index is 0.00000176. The molecule has 0 radical (unpaired) electrons. The number of carbonyl (C=O) groups is 1. The highest BCUT2D eigenvalue weighted by molar-refractivity contribution is 5.92. The Morgan fingerprint density at radius 3 is 2.77 bits per heavy atom. The molecule has 22 heavy (non-hydrogen) atoms. The highest BCUT2D eigenvalue weighted by Gasteiger charge is 2.30. The fraction of sp³-hybridized carbons (Fsp3) is 0.462. The third-order valence-corrected chi connectivity index (χ3v) is 3.33. The summed E-state index contributed by atoms with van der Waals surface area (Å²) in [6.45, 7) is 1.85. The van der Waals surface area contributed by atoms with Gasteiger partial charge in [-0.2, -0.15) is 4.68 Å². The van der Waals surface area contributed by atoms with Crippen molar-refractivity contribution in [1.29, 1.82) is 0 Å². The lowest BCUT2D eigenvalue weighted by Gasteiger charge is -2.08. The van der Waals surface area contributed by atoms with Crippen LogP contribution in [0.3, 0.4) is 0 Å². The minimum Gasteiger partial charge on any atom is -0.354 e. The summed E-state index contributed by atoms with van der Waals surface area (Å²) in [6, 6.07) is 1.30. The normalized spacial score (nSPS) is 15.0. The Morgan fingerprint density at radius 2 is 2.18 bits per heavy atom. The van der Waals surface area contributed by atoms with Crippen LogP contribution in [0.1, 0.15) is 53.9 Å². The number of amides is 1. The van der Waals surface area contributed by atoms with Crippen molar-refractivity contribution in [3.8, 4) is 5.82 Å². The molecule has 2 aromatic heterocycles. The largest absolute Gasteiger partial charge is 0.354 e. The van der Waals surface area contributed by atoms with Crippen LogP contribution in [0.5, 0.6) is 0 Å². The summed E-state index contributed by atoms with van der Waals surface area (Å²) in [7, 11) is 1.55. The smallest absolute Gasteiger partial charge is 0.269 e. The van der Waals surface area contributed by atoms with Gasteiger partial charge in [0.25, 0.3) is 5.91 Å². The Bertz CT molecular complexity index is 681. The van der Waals surface area contributed by atoms with Crippen LogP contribution in [0.2, 0.25) is 0 Å². The first-order valence-corrected chi connectivity index (χ1v) is 6.87. The predicted molar refractivity (Wildman–Crippen MR) is 82.2 cm³/mol. The molecule has 0 saturated heterocycles. The summed E-state index contributed by atoms with van der Waals surface area (Å²) in [5, 5.41) is 7.03. The Labute approximate surface area is 134 Å². The Morgan fingerprint density at radius 1 is 1.45 bits per heavy atom. The minimum atomic E-state index is -0.275. The van der Waals surface area contributed by atoms with Crippen LogP contribution in [0.15, 0.2) is 12.4 Å². The van der Waals surface area contributed by atoms with Gasteiger partial charge in [0.1, 0.15) is 12.0 Å². The van der Waals surface area contributed by atoms with Crippen molar-refractivity contribution in [2.75, 3.05) is 7.05 Å². The number of carbonyl (C=O) groups excluding carboxylic acids is 1. The standard InChI is InChI=1S/C13H17N7O.ClH/c1-7(14)12-18-11(8-3-4-8)19-20(12)10-5-9(13(21)15-2)16-6-17-10;/h5-8H,3-4,14H2,1-2H3,(H,15,21);1H. The van der Waals surface area contributed by atoms with Crippen LogP contribution in [0, 0.1) is 0 Å². The van der Waals surface area contributed by atoms with Gasteiger partial charge in [-0.3, -0.25) is 4.79 Å². The number of hydrogen-bond acceptors (Lipinski definition) is 6. The van der Waals surface area contributed by atoms with Crippen LogP contribution < -0.4 is 11.1 Å². The van der Waals surface area contributed by atoms with E-state index in [1.54, 1.807) is 17.8 Å². The number of aromatic nitrogens is 5. The maximum Gasteiger partial charge on any atom is 0.269 e. The van der Waals surface area contributed by atoms with Crippen molar-refractivity contribution in [2.45, 2.75) is 31.7 Å². The first-order chi connectivity index (χ1) is 10.1. The summed E-state index contributed by atoms with van der Waals surface area (Å²) < 4.78 is 1.60. The molecule has 118 valence electrons. The quantitative estimate of drug-likeness (QED) is 0.858. The van der Waals surface area contributed by atoms with Crippen molar-refractivity contribution >= 4 is 18.3 Å². The lowest BCUT2D eigenvalue weighted by molar-refractivity contribution is 0.0958. The van der Waals surface area contributed by atoms with E-state index in [0.29, 0.717) is 17.6 Å². The van der Waals surface area contributed by atoms with E-state index >= 15 is 0 Å². The molecule has 1 atom stereocenters. The van der Waals surface area contributed by atoms with Crippen LogP contribution in [-0.4, -0.2) is 37.7 Å². The number of nitrogens with one attached hydrogen (secondary N) is 1. The summed E-state index contributed by atoms with van der Waals surface area (Å²) in [5.41, 5.74) is 6.24. The molecular weight excluding hydrogens is 306 g/mol. The predicted octanol–water partition coefficient (Wildman–Crippen LogP) is 0.736. The molecule has 2 heterocycles. The van der Waals surface area contributed by atoms with Crippen LogP contribution >= 0.6 is 12.4 Å². The van der Waals surface area contributed by atoms with Gasteiger partial charge >= 0.3 is 0 Å². The number of halogens is 1. The fourth-order valence-electron chi connectivity index (χ4n) is 2.03. The van der Waals surface area contributed by atoms with E-state index in [1.807, 2.05) is 6.92 Å². The van der Waals surface area contributed by atoms with Gasteiger partial charge in [-0.05, 0) is 19.8 Å². The van der Waals surface area contributed by atoms with Crippen molar-refractivity contribution in [2.24, 2.45) is 5.73 Å². The maximum atomic E-state index is 11.7. The second-order valence-corrected chi connectivity index (χ2v) is 5.14. The number of nitrogens with two attached hydrogens (primary N) is 1. The van der Waals surface area contributed by atoms with Gasteiger partial charge in [-0.1, -0.05) is 0 Å². The number of hydrogen-bond donors (Lipinski definition) is 2. The molecule has 0 spiro atoms. The molecule has 1 amide bonds. The molecule has 2 aromatic rings. The van der Waals surface area contributed by atoms with Gasteiger partial charge in [-0.15, -0.1) is 17.5 Å². The molecule has 1 aliphatic rings.